The summed E-state index contributed by atoms with van der Waals surface area (Å²) < 4.78 is 8.41. The first kappa shape index (κ1) is 21.9. The number of hydrogen-bond acceptors (Lipinski definition) is 6. The minimum Gasteiger partial charge on any atom is -0.379 e. The number of morpholine rings is 1. The molecule has 0 unspecified atom stereocenters. The highest BCUT2D eigenvalue weighted by Gasteiger charge is 2.26. The van der Waals surface area contributed by atoms with E-state index in [4.69, 9.17) is 9.72 Å². The SMILES string of the molecule is CCc1ccc2nc(N(CCN3CCOCC3)C(=O)c3cc(C)nn3C(C)C)sc2c1. The van der Waals surface area contributed by atoms with Crippen LogP contribution in [-0.2, 0) is 11.2 Å². The molecule has 8 heteroatoms. The standard InChI is InChI=1S/C23H31N5O2S/c1-5-18-6-7-19-21(15-18)31-23(24-19)27(9-8-26-10-12-30-13-11-26)22(29)20-14-17(4)25-28(20)16(2)3/h6-7,14-16H,5,8-13H2,1-4H3. The van der Waals surface area contributed by atoms with E-state index in [-0.39, 0.29) is 11.9 Å². The van der Waals surface area contributed by atoms with Crippen LogP contribution in [0.4, 0.5) is 5.13 Å². The smallest absolute Gasteiger partial charge is 0.278 e. The van der Waals surface area contributed by atoms with Crippen LogP contribution in [0, 0.1) is 6.92 Å². The molecule has 0 saturated carbocycles. The van der Waals surface area contributed by atoms with E-state index in [0.29, 0.717) is 12.2 Å². The number of aromatic nitrogens is 3. The molecule has 0 atom stereocenters. The van der Waals surface area contributed by atoms with E-state index in [0.717, 1.165) is 60.3 Å². The average molecular weight is 442 g/mol. The molecule has 1 aliphatic heterocycles. The van der Waals surface area contributed by atoms with Gasteiger partial charge in [0.25, 0.3) is 5.91 Å². The second-order valence-corrected chi connectivity index (χ2v) is 9.28. The first-order valence-electron chi connectivity index (χ1n) is 11.0. The van der Waals surface area contributed by atoms with E-state index in [1.165, 1.54) is 5.56 Å². The molecule has 1 saturated heterocycles. The summed E-state index contributed by atoms with van der Waals surface area (Å²) >= 11 is 1.59. The van der Waals surface area contributed by atoms with Gasteiger partial charge in [0.15, 0.2) is 5.13 Å². The Hall–Kier alpha value is -2.29. The van der Waals surface area contributed by atoms with Crippen molar-refractivity contribution in [3.05, 3.63) is 41.2 Å². The lowest BCUT2D eigenvalue weighted by atomic mass is 10.2. The molecule has 1 aliphatic rings. The number of amides is 1. The van der Waals surface area contributed by atoms with E-state index in [1.807, 2.05) is 36.4 Å². The van der Waals surface area contributed by atoms with Gasteiger partial charge in [-0.1, -0.05) is 24.3 Å². The molecular weight excluding hydrogens is 410 g/mol. The Morgan fingerprint density at radius 1 is 1.26 bits per heavy atom. The van der Waals surface area contributed by atoms with Crippen molar-refractivity contribution in [1.29, 1.82) is 0 Å². The molecule has 1 aromatic carbocycles. The number of carbonyl (C=O) groups is 1. The number of carbonyl (C=O) groups excluding carboxylic acids is 1. The monoisotopic (exact) mass is 441 g/mol. The van der Waals surface area contributed by atoms with Crippen molar-refractivity contribution in [2.24, 2.45) is 0 Å². The highest BCUT2D eigenvalue weighted by atomic mass is 32.1. The van der Waals surface area contributed by atoms with Crippen molar-refractivity contribution in [3.8, 4) is 0 Å². The number of aryl methyl sites for hydroxylation is 2. The van der Waals surface area contributed by atoms with Crippen LogP contribution in [0.1, 0.15) is 48.6 Å². The molecular formula is C23H31N5O2S. The molecule has 4 rings (SSSR count). The van der Waals surface area contributed by atoms with E-state index in [9.17, 15) is 4.79 Å². The third-order valence-electron chi connectivity index (χ3n) is 5.64. The Morgan fingerprint density at radius 3 is 2.74 bits per heavy atom. The fourth-order valence-electron chi connectivity index (χ4n) is 3.85. The fourth-order valence-corrected chi connectivity index (χ4v) is 4.90. The molecule has 1 amide bonds. The van der Waals surface area contributed by atoms with E-state index < -0.39 is 0 Å². The van der Waals surface area contributed by atoms with Gasteiger partial charge in [0.05, 0.1) is 29.1 Å². The van der Waals surface area contributed by atoms with Crippen molar-refractivity contribution in [2.75, 3.05) is 44.3 Å². The van der Waals surface area contributed by atoms with Gasteiger partial charge in [-0.3, -0.25) is 19.3 Å². The first-order valence-corrected chi connectivity index (χ1v) is 11.9. The predicted molar refractivity (Wildman–Crippen MR) is 125 cm³/mol. The van der Waals surface area contributed by atoms with Gasteiger partial charge in [-0.25, -0.2) is 4.98 Å². The summed E-state index contributed by atoms with van der Waals surface area (Å²) in [5.74, 6) is -0.0441. The van der Waals surface area contributed by atoms with Crippen LogP contribution in [0.3, 0.4) is 0 Å². The van der Waals surface area contributed by atoms with E-state index in [1.54, 1.807) is 11.3 Å². The zero-order valence-electron chi connectivity index (χ0n) is 18.8. The lowest BCUT2D eigenvalue weighted by Gasteiger charge is -2.29. The minimum absolute atomic E-state index is 0.0441. The van der Waals surface area contributed by atoms with E-state index in [2.05, 4.69) is 35.1 Å². The summed E-state index contributed by atoms with van der Waals surface area (Å²) in [5, 5.41) is 5.29. The molecule has 0 spiro atoms. The maximum absolute atomic E-state index is 13.7. The van der Waals surface area contributed by atoms with Crippen LogP contribution >= 0.6 is 11.3 Å². The predicted octanol–water partition coefficient (Wildman–Crippen LogP) is 3.92. The molecule has 3 heterocycles. The van der Waals surface area contributed by atoms with Crippen LogP contribution in [0.2, 0.25) is 0 Å². The fraction of sp³-hybridized carbons (Fsp3) is 0.522. The quantitative estimate of drug-likeness (QED) is 0.556. The van der Waals surface area contributed by atoms with Gasteiger partial charge >= 0.3 is 0 Å². The summed E-state index contributed by atoms with van der Waals surface area (Å²) in [7, 11) is 0. The van der Waals surface area contributed by atoms with Crippen molar-refractivity contribution >= 4 is 32.6 Å². The molecule has 31 heavy (non-hydrogen) atoms. The number of fused-ring (bicyclic) bond motifs is 1. The van der Waals surface area contributed by atoms with Crippen molar-refractivity contribution in [2.45, 2.75) is 40.2 Å². The summed E-state index contributed by atoms with van der Waals surface area (Å²) in [6, 6.07) is 8.34. The number of ether oxygens (including phenoxy) is 1. The molecule has 3 aromatic rings. The lowest BCUT2D eigenvalue weighted by Crippen LogP contribution is -2.43. The van der Waals surface area contributed by atoms with Crippen molar-refractivity contribution in [3.63, 3.8) is 0 Å². The number of nitrogens with zero attached hydrogens (tertiary/aromatic N) is 5. The van der Waals surface area contributed by atoms with Crippen LogP contribution in [-0.4, -0.2) is 65.0 Å². The summed E-state index contributed by atoms with van der Waals surface area (Å²) in [6.45, 7) is 12.8. The normalized spacial score (nSPS) is 15.1. The van der Waals surface area contributed by atoms with Crippen LogP contribution in [0.5, 0.6) is 0 Å². The molecule has 0 radical (unpaired) electrons. The van der Waals surface area contributed by atoms with Gasteiger partial charge in [-0.2, -0.15) is 5.10 Å². The molecule has 0 aliphatic carbocycles. The zero-order valence-corrected chi connectivity index (χ0v) is 19.6. The Balaban J connectivity index is 1.68. The number of thiazole rings is 1. The zero-order chi connectivity index (χ0) is 22.0. The number of hydrogen-bond donors (Lipinski definition) is 0. The van der Waals surface area contributed by atoms with Crippen LogP contribution in [0.25, 0.3) is 10.2 Å². The Kier molecular flexibility index (Phi) is 6.69. The van der Waals surface area contributed by atoms with Gasteiger partial charge in [-0.05, 0) is 51.0 Å². The van der Waals surface area contributed by atoms with Gasteiger partial charge in [-0.15, -0.1) is 0 Å². The lowest BCUT2D eigenvalue weighted by molar-refractivity contribution is 0.0391. The average Bonchev–Trinajstić information content (AvgIpc) is 3.37. The van der Waals surface area contributed by atoms with E-state index >= 15 is 0 Å². The number of rotatable bonds is 7. The molecule has 166 valence electrons. The van der Waals surface area contributed by atoms with Crippen LogP contribution < -0.4 is 4.90 Å². The van der Waals surface area contributed by atoms with Gasteiger partial charge in [0.1, 0.15) is 5.69 Å². The third kappa shape index (κ3) is 4.81. The summed E-state index contributed by atoms with van der Waals surface area (Å²) in [4.78, 5) is 22.8. The minimum atomic E-state index is -0.0441. The second-order valence-electron chi connectivity index (χ2n) is 8.27. The highest BCUT2D eigenvalue weighted by molar-refractivity contribution is 7.22. The van der Waals surface area contributed by atoms with Crippen molar-refractivity contribution < 1.29 is 9.53 Å². The third-order valence-corrected chi connectivity index (χ3v) is 6.68. The van der Waals surface area contributed by atoms with Gasteiger partial charge in [0.2, 0.25) is 0 Å². The second kappa shape index (κ2) is 9.46. The Bertz CT molecular complexity index is 1050. The van der Waals surface area contributed by atoms with Gasteiger partial charge in [0, 0.05) is 32.2 Å². The molecule has 0 N–H and O–H groups in total. The number of benzene rings is 1. The maximum atomic E-state index is 13.7. The molecule has 2 aromatic heterocycles. The number of anilines is 1. The molecule has 0 bridgehead atoms. The molecule has 1 fully saturated rings. The van der Waals surface area contributed by atoms with Crippen LogP contribution in [0.15, 0.2) is 24.3 Å². The highest BCUT2D eigenvalue weighted by Crippen LogP contribution is 2.31. The summed E-state index contributed by atoms with van der Waals surface area (Å²) in [5.41, 5.74) is 3.68. The first-order chi connectivity index (χ1) is 15.0. The Labute approximate surface area is 187 Å². The maximum Gasteiger partial charge on any atom is 0.278 e. The molecule has 7 nitrogen and oxygen atoms in total. The Morgan fingerprint density at radius 2 is 2.03 bits per heavy atom. The largest absolute Gasteiger partial charge is 0.379 e. The van der Waals surface area contributed by atoms with Gasteiger partial charge < -0.3 is 4.74 Å². The van der Waals surface area contributed by atoms with Crippen molar-refractivity contribution in [1.82, 2.24) is 19.7 Å². The summed E-state index contributed by atoms with van der Waals surface area (Å²) in [6.07, 6.45) is 0.982. The topological polar surface area (TPSA) is 63.5 Å².